The van der Waals surface area contributed by atoms with Crippen LogP contribution in [-0.2, 0) is 0 Å². The number of nitrogens with one attached hydrogen (secondary N) is 1. The second kappa shape index (κ2) is 6.55. The molecule has 0 aliphatic rings. The number of hydrogen-bond acceptors (Lipinski definition) is 2. The molecule has 0 aliphatic heterocycles. The van der Waals surface area contributed by atoms with E-state index in [0.29, 0.717) is 0 Å². The molecule has 0 saturated heterocycles. The largest absolute Gasteiger partial charge is 0.379 e. The first-order valence-electron chi connectivity index (χ1n) is 4.17. The second-order valence-electron chi connectivity index (χ2n) is 2.51. The molecule has 0 atom stereocenters. The highest BCUT2D eigenvalue weighted by atomic mass is 32.1. The molecule has 0 saturated carbocycles. The Hall–Kier alpha value is -0.150. The van der Waals surface area contributed by atoms with Crippen LogP contribution in [0, 0.1) is 0 Å². The summed E-state index contributed by atoms with van der Waals surface area (Å²) in [6, 6.07) is 0. The van der Waals surface area contributed by atoms with Crippen molar-refractivity contribution in [2.24, 2.45) is 0 Å². The van der Waals surface area contributed by atoms with Crippen molar-refractivity contribution in [1.29, 1.82) is 0 Å². The van der Waals surface area contributed by atoms with Crippen LogP contribution in [-0.4, -0.2) is 36.1 Å². The van der Waals surface area contributed by atoms with E-state index in [1.54, 1.807) is 0 Å². The van der Waals surface area contributed by atoms with E-state index in [1.807, 2.05) is 6.92 Å². The lowest BCUT2D eigenvalue weighted by molar-refractivity contribution is 0.308. The number of rotatable bonds is 5. The molecule has 3 heteroatoms. The minimum absolute atomic E-state index is 0.886. The van der Waals surface area contributed by atoms with Crippen molar-refractivity contribution in [2.75, 3.05) is 26.2 Å². The summed E-state index contributed by atoms with van der Waals surface area (Å²) in [6.45, 7) is 10.6. The smallest absolute Gasteiger partial charge is 0.0722 e. The Bertz CT molecular complexity index is 111. The molecule has 0 aromatic carbocycles. The zero-order chi connectivity index (χ0) is 8.69. The van der Waals surface area contributed by atoms with Crippen molar-refractivity contribution >= 4 is 17.2 Å². The Morgan fingerprint density at radius 2 is 1.91 bits per heavy atom. The fourth-order valence-electron chi connectivity index (χ4n) is 0.930. The number of nitrogens with zero attached hydrogens (tertiary/aromatic N) is 1. The van der Waals surface area contributed by atoms with Crippen molar-refractivity contribution in [1.82, 2.24) is 10.2 Å². The average molecular weight is 174 g/mol. The van der Waals surface area contributed by atoms with Gasteiger partial charge < -0.3 is 10.2 Å². The van der Waals surface area contributed by atoms with E-state index in [1.165, 1.54) is 0 Å². The van der Waals surface area contributed by atoms with E-state index < -0.39 is 0 Å². The molecule has 11 heavy (non-hydrogen) atoms. The lowest BCUT2D eigenvalue weighted by atomic mass is 10.4. The SMILES string of the molecule is CCN(CC)CCNC(C)=S. The third kappa shape index (κ3) is 6.26. The van der Waals surface area contributed by atoms with E-state index in [4.69, 9.17) is 12.2 Å². The minimum Gasteiger partial charge on any atom is -0.379 e. The maximum absolute atomic E-state index is 4.89. The van der Waals surface area contributed by atoms with Crippen LogP contribution in [0.2, 0.25) is 0 Å². The van der Waals surface area contributed by atoms with Crippen LogP contribution in [0.25, 0.3) is 0 Å². The third-order valence-corrected chi connectivity index (χ3v) is 1.84. The van der Waals surface area contributed by atoms with E-state index in [9.17, 15) is 0 Å². The van der Waals surface area contributed by atoms with Crippen LogP contribution in [0.15, 0.2) is 0 Å². The lowest BCUT2D eigenvalue weighted by Gasteiger charge is -2.17. The highest BCUT2D eigenvalue weighted by molar-refractivity contribution is 7.80. The first-order chi connectivity index (χ1) is 5.20. The molecule has 0 radical (unpaired) electrons. The first-order valence-corrected chi connectivity index (χ1v) is 4.58. The molecule has 0 aromatic rings. The predicted octanol–water partition coefficient (Wildman–Crippen LogP) is 1.27. The summed E-state index contributed by atoms with van der Waals surface area (Å²) in [5.41, 5.74) is 0. The van der Waals surface area contributed by atoms with Gasteiger partial charge in [0.05, 0.1) is 4.99 Å². The summed E-state index contributed by atoms with van der Waals surface area (Å²) >= 11 is 4.89. The predicted molar refractivity (Wildman–Crippen MR) is 54.1 cm³/mol. The molecule has 0 rings (SSSR count). The van der Waals surface area contributed by atoms with Gasteiger partial charge in [-0.05, 0) is 20.0 Å². The van der Waals surface area contributed by atoms with Gasteiger partial charge in [0.1, 0.15) is 0 Å². The van der Waals surface area contributed by atoms with E-state index in [-0.39, 0.29) is 0 Å². The zero-order valence-electron chi connectivity index (χ0n) is 7.68. The molecule has 0 aromatic heterocycles. The summed E-state index contributed by atoms with van der Waals surface area (Å²) in [4.78, 5) is 3.25. The normalized spacial score (nSPS) is 10.2. The summed E-state index contributed by atoms with van der Waals surface area (Å²) in [6.07, 6.45) is 0. The fourth-order valence-corrected chi connectivity index (χ4v) is 1.03. The average Bonchev–Trinajstić information content (AvgIpc) is 1.98. The Kier molecular flexibility index (Phi) is 6.46. The highest BCUT2D eigenvalue weighted by Crippen LogP contribution is 1.83. The number of thiocarbonyl (C=S) groups is 1. The monoisotopic (exact) mass is 174 g/mol. The molecule has 0 heterocycles. The topological polar surface area (TPSA) is 15.3 Å². The summed E-state index contributed by atoms with van der Waals surface area (Å²) in [5.74, 6) is 0. The molecule has 66 valence electrons. The number of hydrogen-bond donors (Lipinski definition) is 1. The summed E-state index contributed by atoms with van der Waals surface area (Å²) in [5, 5.41) is 3.13. The van der Waals surface area contributed by atoms with Gasteiger partial charge in [-0.1, -0.05) is 26.1 Å². The van der Waals surface area contributed by atoms with Gasteiger partial charge in [0.25, 0.3) is 0 Å². The van der Waals surface area contributed by atoms with Crippen molar-refractivity contribution in [3.63, 3.8) is 0 Å². The van der Waals surface area contributed by atoms with E-state index >= 15 is 0 Å². The third-order valence-electron chi connectivity index (χ3n) is 1.70. The molecular weight excluding hydrogens is 156 g/mol. The van der Waals surface area contributed by atoms with Crippen LogP contribution in [0.5, 0.6) is 0 Å². The van der Waals surface area contributed by atoms with Gasteiger partial charge in [-0.2, -0.15) is 0 Å². The van der Waals surface area contributed by atoms with E-state index in [0.717, 1.165) is 31.2 Å². The fraction of sp³-hybridized carbons (Fsp3) is 0.875. The standard InChI is InChI=1S/C8H18N2S/c1-4-10(5-2)7-6-9-8(3)11/h4-7H2,1-3H3,(H,9,11). The quantitative estimate of drug-likeness (QED) is 0.632. The molecule has 0 unspecified atom stereocenters. The lowest BCUT2D eigenvalue weighted by Crippen LogP contribution is -2.33. The van der Waals surface area contributed by atoms with Crippen molar-refractivity contribution < 1.29 is 0 Å². The van der Waals surface area contributed by atoms with Gasteiger partial charge in [0.2, 0.25) is 0 Å². The first kappa shape index (κ1) is 10.8. The second-order valence-corrected chi connectivity index (χ2v) is 3.12. The number of likely N-dealkylation sites (N-methyl/N-ethyl adjacent to an activating group) is 1. The maximum atomic E-state index is 4.89. The maximum Gasteiger partial charge on any atom is 0.0722 e. The molecule has 0 amide bonds. The van der Waals surface area contributed by atoms with Crippen LogP contribution >= 0.6 is 12.2 Å². The van der Waals surface area contributed by atoms with Gasteiger partial charge >= 0.3 is 0 Å². The Morgan fingerprint density at radius 1 is 1.36 bits per heavy atom. The molecular formula is C8H18N2S. The summed E-state index contributed by atoms with van der Waals surface area (Å²) in [7, 11) is 0. The van der Waals surface area contributed by atoms with Gasteiger partial charge in [-0.3, -0.25) is 0 Å². The van der Waals surface area contributed by atoms with E-state index in [2.05, 4.69) is 24.1 Å². The van der Waals surface area contributed by atoms with Gasteiger partial charge in [-0.25, -0.2) is 0 Å². The Morgan fingerprint density at radius 3 is 2.27 bits per heavy atom. The van der Waals surface area contributed by atoms with Crippen LogP contribution in [0.4, 0.5) is 0 Å². The van der Waals surface area contributed by atoms with Crippen molar-refractivity contribution in [2.45, 2.75) is 20.8 Å². The van der Waals surface area contributed by atoms with Crippen LogP contribution in [0.1, 0.15) is 20.8 Å². The van der Waals surface area contributed by atoms with Gasteiger partial charge in [-0.15, -0.1) is 0 Å². The van der Waals surface area contributed by atoms with Crippen LogP contribution < -0.4 is 5.32 Å². The minimum atomic E-state index is 0.886. The molecule has 0 spiro atoms. The van der Waals surface area contributed by atoms with Crippen molar-refractivity contribution in [3.8, 4) is 0 Å². The molecule has 1 N–H and O–H groups in total. The Balaban J connectivity index is 3.28. The summed E-state index contributed by atoms with van der Waals surface area (Å²) < 4.78 is 0. The van der Waals surface area contributed by atoms with Crippen LogP contribution in [0.3, 0.4) is 0 Å². The zero-order valence-corrected chi connectivity index (χ0v) is 8.50. The molecule has 0 fully saturated rings. The van der Waals surface area contributed by atoms with Gasteiger partial charge in [0, 0.05) is 13.1 Å². The molecule has 0 aliphatic carbocycles. The van der Waals surface area contributed by atoms with Gasteiger partial charge in [0.15, 0.2) is 0 Å². The molecule has 0 bridgehead atoms. The Labute approximate surface area is 75.0 Å². The van der Waals surface area contributed by atoms with Crippen molar-refractivity contribution in [3.05, 3.63) is 0 Å². The highest BCUT2D eigenvalue weighted by Gasteiger charge is 1.96. The molecule has 2 nitrogen and oxygen atoms in total.